The Morgan fingerprint density at radius 2 is 2.31 bits per heavy atom. The molecule has 2 N–H and O–H groups in total. The van der Waals surface area contributed by atoms with E-state index >= 15 is 0 Å². The lowest BCUT2D eigenvalue weighted by Gasteiger charge is -2.11. The van der Waals surface area contributed by atoms with Crippen molar-refractivity contribution in [2.24, 2.45) is 0 Å². The maximum Gasteiger partial charge on any atom is 0.304 e. The summed E-state index contributed by atoms with van der Waals surface area (Å²) in [5.41, 5.74) is 0.261. The molecular formula is C8H9F2NO2. The number of halogens is 2. The van der Waals surface area contributed by atoms with Gasteiger partial charge in [0.25, 0.3) is 0 Å². The van der Waals surface area contributed by atoms with Crippen LogP contribution < -0.4 is 0 Å². The first-order chi connectivity index (χ1) is 6.11. The highest BCUT2D eigenvalue weighted by Crippen LogP contribution is 2.25. The second-order valence-corrected chi connectivity index (χ2v) is 2.66. The Balaban J connectivity index is 2.74. The molecule has 0 bridgehead atoms. The van der Waals surface area contributed by atoms with Gasteiger partial charge in [0.1, 0.15) is 0 Å². The Kier molecular flexibility index (Phi) is 3.00. The van der Waals surface area contributed by atoms with E-state index in [9.17, 15) is 13.6 Å². The van der Waals surface area contributed by atoms with Crippen LogP contribution in [0.3, 0.4) is 0 Å². The van der Waals surface area contributed by atoms with Gasteiger partial charge in [0.05, 0.1) is 12.3 Å². The Labute approximate surface area is 73.4 Å². The van der Waals surface area contributed by atoms with Crippen molar-refractivity contribution < 1.29 is 18.7 Å². The smallest absolute Gasteiger partial charge is 0.304 e. The number of hydrogen-bond donors (Lipinski definition) is 2. The van der Waals surface area contributed by atoms with Gasteiger partial charge in [0, 0.05) is 11.9 Å². The van der Waals surface area contributed by atoms with Gasteiger partial charge in [0.15, 0.2) is 0 Å². The van der Waals surface area contributed by atoms with Gasteiger partial charge in [-0.05, 0) is 12.1 Å². The third-order valence-corrected chi connectivity index (χ3v) is 1.72. The molecule has 1 unspecified atom stereocenters. The lowest BCUT2D eigenvalue weighted by atomic mass is 10.0. The lowest BCUT2D eigenvalue weighted by molar-refractivity contribution is -0.138. The summed E-state index contributed by atoms with van der Waals surface area (Å²) in [6.07, 6.45) is -1.72. The van der Waals surface area contributed by atoms with E-state index in [0.717, 1.165) is 0 Å². The minimum atomic E-state index is -2.66. The van der Waals surface area contributed by atoms with E-state index in [2.05, 4.69) is 4.98 Å². The van der Waals surface area contributed by atoms with Crippen molar-refractivity contribution in [2.45, 2.75) is 18.8 Å². The maximum absolute atomic E-state index is 12.3. The number of rotatable bonds is 4. The highest BCUT2D eigenvalue weighted by atomic mass is 19.3. The monoisotopic (exact) mass is 189 g/mol. The average Bonchev–Trinajstić information content (AvgIpc) is 2.50. The van der Waals surface area contributed by atoms with Crippen molar-refractivity contribution in [1.82, 2.24) is 4.98 Å². The van der Waals surface area contributed by atoms with E-state index in [1.807, 2.05) is 0 Å². The summed E-state index contributed by atoms with van der Waals surface area (Å²) in [6.45, 7) is 0. The van der Waals surface area contributed by atoms with Gasteiger partial charge in [-0.2, -0.15) is 0 Å². The van der Waals surface area contributed by atoms with Gasteiger partial charge in [-0.1, -0.05) is 0 Å². The molecule has 72 valence electrons. The number of H-pyrrole nitrogens is 1. The summed E-state index contributed by atoms with van der Waals surface area (Å²) < 4.78 is 24.7. The fourth-order valence-corrected chi connectivity index (χ4v) is 1.10. The second-order valence-electron chi connectivity index (χ2n) is 2.66. The molecular weight excluding hydrogens is 180 g/mol. The molecule has 0 saturated carbocycles. The van der Waals surface area contributed by atoms with Crippen LogP contribution in [0.2, 0.25) is 0 Å². The van der Waals surface area contributed by atoms with Crippen LogP contribution in [0.1, 0.15) is 18.0 Å². The molecule has 13 heavy (non-hydrogen) atoms. The summed E-state index contributed by atoms with van der Waals surface area (Å²) in [7, 11) is 0. The Morgan fingerprint density at radius 3 is 2.69 bits per heavy atom. The van der Waals surface area contributed by atoms with Crippen molar-refractivity contribution in [3.05, 3.63) is 24.0 Å². The molecule has 3 nitrogen and oxygen atoms in total. The molecule has 0 spiro atoms. The maximum atomic E-state index is 12.3. The van der Waals surface area contributed by atoms with Crippen molar-refractivity contribution in [2.75, 3.05) is 0 Å². The van der Waals surface area contributed by atoms with Crippen LogP contribution in [-0.4, -0.2) is 22.5 Å². The summed E-state index contributed by atoms with van der Waals surface area (Å²) in [5.74, 6) is -2.47. The van der Waals surface area contributed by atoms with E-state index in [-0.39, 0.29) is 5.69 Å². The first-order valence-corrected chi connectivity index (χ1v) is 3.74. The zero-order valence-electron chi connectivity index (χ0n) is 6.71. The number of carboxylic acid groups (broad SMARTS) is 1. The molecule has 1 atom stereocenters. The highest BCUT2D eigenvalue weighted by Gasteiger charge is 2.25. The molecule has 0 aliphatic heterocycles. The van der Waals surface area contributed by atoms with Crippen LogP contribution in [0.5, 0.6) is 0 Å². The number of hydrogen-bond acceptors (Lipinski definition) is 1. The van der Waals surface area contributed by atoms with Crippen LogP contribution in [-0.2, 0) is 4.79 Å². The van der Waals surface area contributed by atoms with Crippen LogP contribution in [0.15, 0.2) is 18.3 Å². The third-order valence-electron chi connectivity index (χ3n) is 1.72. The highest BCUT2D eigenvalue weighted by molar-refractivity contribution is 5.68. The Morgan fingerprint density at radius 1 is 1.62 bits per heavy atom. The second kappa shape index (κ2) is 4.02. The molecule has 0 aromatic carbocycles. The van der Waals surface area contributed by atoms with Gasteiger partial charge >= 0.3 is 5.97 Å². The number of alkyl halides is 2. The fraction of sp³-hybridized carbons (Fsp3) is 0.375. The predicted octanol–water partition coefficient (Wildman–Crippen LogP) is 1.84. The number of aliphatic carboxylic acids is 1. The van der Waals surface area contributed by atoms with Crippen molar-refractivity contribution in [3.63, 3.8) is 0 Å². The van der Waals surface area contributed by atoms with Gasteiger partial charge in [-0.15, -0.1) is 0 Å². The van der Waals surface area contributed by atoms with E-state index < -0.39 is 24.7 Å². The fourth-order valence-electron chi connectivity index (χ4n) is 1.10. The van der Waals surface area contributed by atoms with Crippen LogP contribution in [0, 0.1) is 0 Å². The molecule has 0 saturated heterocycles. The first kappa shape index (κ1) is 9.70. The zero-order chi connectivity index (χ0) is 9.84. The minimum absolute atomic E-state index is 0.261. The molecule has 0 aliphatic carbocycles. The molecule has 0 aliphatic rings. The largest absolute Gasteiger partial charge is 0.481 e. The molecule has 1 aromatic heterocycles. The number of nitrogens with one attached hydrogen (secondary N) is 1. The summed E-state index contributed by atoms with van der Waals surface area (Å²) in [6, 6.07) is 3.02. The van der Waals surface area contributed by atoms with Crippen LogP contribution in [0.4, 0.5) is 8.78 Å². The van der Waals surface area contributed by atoms with Gasteiger partial charge in [0.2, 0.25) is 6.43 Å². The topological polar surface area (TPSA) is 53.1 Å². The summed E-state index contributed by atoms with van der Waals surface area (Å²) >= 11 is 0. The molecule has 1 aromatic rings. The lowest BCUT2D eigenvalue weighted by Crippen LogP contribution is -2.14. The van der Waals surface area contributed by atoms with Crippen molar-refractivity contribution in [1.29, 1.82) is 0 Å². The van der Waals surface area contributed by atoms with E-state index in [1.54, 1.807) is 6.07 Å². The predicted molar refractivity (Wildman–Crippen MR) is 41.8 cm³/mol. The summed E-state index contributed by atoms with van der Waals surface area (Å²) in [4.78, 5) is 12.8. The number of aromatic nitrogens is 1. The SMILES string of the molecule is O=C(O)CC(c1ccc[nH]1)C(F)F. The van der Waals surface area contributed by atoms with Gasteiger partial charge < -0.3 is 10.1 Å². The number of carboxylic acids is 1. The molecule has 0 fully saturated rings. The Bertz CT molecular complexity index is 272. The van der Waals surface area contributed by atoms with E-state index in [1.165, 1.54) is 12.3 Å². The van der Waals surface area contributed by atoms with E-state index in [0.29, 0.717) is 0 Å². The Hall–Kier alpha value is -1.39. The van der Waals surface area contributed by atoms with Crippen molar-refractivity contribution >= 4 is 5.97 Å². The summed E-state index contributed by atoms with van der Waals surface area (Å²) in [5, 5.41) is 8.38. The van der Waals surface area contributed by atoms with Crippen LogP contribution >= 0.6 is 0 Å². The third kappa shape index (κ3) is 2.54. The first-order valence-electron chi connectivity index (χ1n) is 3.74. The molecule has 0 radical (unpaired) electrons. The standard InChI is InChI=1S/C8H9F2NO2/c9-8(10)5(4-7(12)13)6-2-1-3-11-6/h1-3,5,8,11H,4H2,(H,12,13). The molecule has 1 heterocycles. The number of carbonyl (C=O) groups is 1. The number of aromatic amines is 1. The molecule has 5 heteroatoms. The normalized spacial score (nSPS) is 13.2. The molecule has 1 rings (SSSR count). The van der Waals surface area contributed by atoms with E-state index in [4.69, 9.17) is 5.11 Å². The zero-order valence-corrected chi connectivity index (χ0v) is 6.71. The van der Waals surface area contributed by atoms with Gasteiger partial charge in [-0.3, -0.25) is 4.79 Å². The minimum Gasteiger partial charge on any atom is -0.481 e. The average molecular weight is 189 g/mol. The molecule has 0 amide bonds. The van der Waals surface area contributed by atoms with Crippen molar-refractivity contribution in [3.8, 4) is 0 Å². The van der Waals surface area contributed by atoms with Gasteiger partial charge in [-0.25, -0.2) is 8.78 Å². The van der Waals surface area contributed by atoms with Crippen LogP contribution in [0.25, 0.3) is 0 Å². The quantitative estimate of drug-likeness (QED) is 0.759.